The van der Waals surface area contributed by atoms with Crippen molar-refractivity contribution in [3.05, 3.63) is 12.2 Å². The van der Waals surface area contributed by atoms with Crippen molar-refractivity contribution in [3.63, 3.8) is 0 Å². The van der Waals surface area contributed by atoms with Gasteiger partial charge in [-0.25, -0.2) is 0 Å². The van der Waals surface area contributed by atoms with Gasteiger partial charge in [0, 0.05) is 12.3 Å². The second kappa shape index (κ2) is 2.46. The van der Waals surface area contributed by atoms with Crippen LogP contribution in [0.5, 0.6) is 0 Å². The van der Waals surface area contributed by atoms with Crippen LogP contribution in [-0.2, 0) is 4.79 Å². The third-order valence-electron chi connectivity index (χ3n) is 4.18. The van der Waals surface area contributed by atoms with Crippen LogP contribution >= 0.6 is 0 Å². The lowest BCUT2D eigenvalue weighted by Crippen LogP contribution is -2.48. The van der Waals surface area contributed by atoms with Gasteiger partial charge in [-0.2, -0.15) is 0 Å². The lowest BCUT2D eigenvalue weighted by molar-refractivity contribution is -0.133. The molecule has 0 radical (unpaired) electrons. The van der Waals surface area contributed by atoms with Crippen LogP contribution in [0, 0.1) is 23.2 Å². The highest BCUT2D eigenvalue weighted by molar-refractivity contribution is 5.86. The summed E-state index contributed by atoms with van der Waals surface area (Å²) in [4.78, 5) is 11.6. The zero-order valence-corrected chi connectivity index (χ0v) is 8.76. The molecule has 0 amide bonds. The summed E-state index contributed by atoms with van der Waals surface area (Å²) in [5.74, 6) is 1.70. The quantitative estimate of drug-likeness (QED) is 0.521. The number of hydrogen-bond acceptors (Lipinski definition) is 1. The van der Waals surface area contributed by atoms with Crippen molar-refractivity contribution in [2.45, 2.75) is 33.6 Å². The van der Waals surface area contributed by atoms with Crippen molar-refractivity contribution in [1.29, 1.82) is 0 Å². The van der Waals surface area contributed by atoms with E-state index in [1.165, 1.54) is 5.57 Å². The molecule has 0 aliphatic heterocycles. The normalized spacial score (nSPS) is 42.5. The van der Waals surface area contributed by atoms with Crippen LogP contribution in [-0.4, -0.2) is 5.78 Å². The van der Waals surface area contributed by atoms with Gasteiger partial charge in [0.2, 0.25) is 0 Å². The van der Waals surface area contributed by atoms with Crippen molar-refractivity contribution in [2.75, 3.05) is 0 Å². The molecule has 0 heterocycles. The van der Waals surface area contributed by atoms with E-state index in [1.807, 2.05) is 0 Å². The van der Waals surface area contributed by atoms with Gasteiger partial charge in [0.1, 0.15) is 5.78 Å². The summed E-state index contributed by atoms with van der Waals surface area (Å²) < 4.78 is 0. The first-order valence-corrected chi connectivity index (χ1v) is 5.15. The van der Waals surface area contributed by atoms with Crippen molar-refractivity contribution < 1.29 is 4.79 Å². The summed E-state index contributed by atoms with van der Waals surface area (Å²) in [6.07, 6.45) is 1.82. The number of rotatable bonds is 0. The van der Waals surface area contributed by atoms with Crippen LogP contribution in [0.1, 0.15) is 33.6 Å². The molecule has 0 aromatic heterocycles. The minimum absolute atomic E-state index is 0.176. The maximum absolute atomic E-state index is 11.6. The zero-order chi connectivity index (χ0) is 9.80. The lowest BCUT2D eigenvalue weighted by Gasteiger charge is -2.52. The molecule has 3 fully saturated rings. The maximum atomic E-state index is 11.6. The Balaban J connectivity index is 2.38. The van der Waals surface area contributed by atoms with Crippen LogP contribution in [0.25, 0.3) is 0 Å². The lowest BCUT2D eigenvalue weighted by atomic mass is 9.52. The summed E-state index contributed by atoms with van der Waals surface area (Å²) in [6, 6.07) is 0. The highest BCUT2D eigenvalue weighted by atomic mass is 16.1. The molecule has 1 nitrogen and oxygen atoms in total. The first-order chi connectivity index (χ1) is 5.93. The molecule has 0 aromatic carbocycles. The minimum Gasteiger partial charge on any atom is -0.299 e. The summed E-state index contributed by atoms with van der Waals surface area (Å²) in [6.45, 7) is 10.9. The van der Waals surface area contributed by atoms with Crippen molar-refractivity contribution in [3.8, 4) is 0 Å². The molecule has 3 atom stereocenters. The van der Waals surface area contributed by atoms with Crippen LogP contribution in [0.2, 0.25) is 0 Å². The van der Waals surface area contributed by atoms with Gasteiger partial charge < -0.3 is 0 Å². The largest absolute Gasteiger partial charge is 0.299 e. The van der Waals surface area contributed by atoms with Crippen LogP contribution in [0.4, 0.5) is 0 Å². The van der Waals surface area contributed by atoms with E-state index < -0.39 is 0 Å². The van der Waals surface area contributed by atoms with Gasteiger partial charge in [0.05, 0.1) is 0 Å². The van der Waals surface area contributed by atoms with Gasteiger partial charge in [0.15, 0.2) is 0 Å². The number of allylic oxidation sites excluding steroid dienone is 1. The summed E-state index contributed by atoms with van der Waals surface area (Å²) in [5, 5.41) is 0. The molecule has 0 spiro atoms. The average molecular weight is 178 g/mol. The predicted molar refractivity (Wildman–Crippen MR) is 53.3 cm³/mol. The highest BCUT2D eigenvalue weighted by Gasteiger charge is 2.50. The molecule has 3 aliphatic rings. The van der Waals surface area contributed by atoms with Gasteiger partial charge in [-0.1, -0.05) is 32.9 Å². The average Bonchev–Trinajstić information content (AvgIpc) is 2.03. The third-order valence-corrected chi connectivity index (χ3v) is 4.18. The first-order valence-electron chi connectivity index (χ1n) is 5.15. The van der Waals surface area contributed by atoms with E-state index in [2.05, 4.69) is 27.4 Å². The molecular formula is C12H18O. The number of carbonyl (C=O) groups is 1. The van der Waals surface area contributed by atoms with E-state index >= 15 is 0 Å². The highest BCUT2D eigenvalue weighted by Crippen LogP contribution is 2.55. The maximum Gasteiger partial charge on any atom is 0.140 e. The molecule has 1 heteroatoms. The molecular weight excluding hydrogens is 160 g/mol. The zero-order valence-electron chi connectivity index (χ0n) is 8.76. The van der Waals surface area contributed by atoms with E-state index in [0.29, 0.717) is 23.0 Å². The molecule has 0 unspecified atom stereocenters. The SMILES string of the molecule is C=C1[C@@H]2CC(C)(C)[C@@H](CC2=O)[C@H]1C. The molecule has 3 saturated carbocycles. The molecule has 0 saturated heterocycles. The molecule has 72 valence electrons. The monoisotopic (exact) mass is 178 g/mol. The fraction of sp³-hybridized carbons (Fsp3) is 0.750. The van der Waals surface area contributed by atoms with Crippen LogP contribution in [0.15, 0.2) is 12.2 Å². The number of Topliss-reactive ketones (excluding diaryl/α,β-unsaturated/α-hetero) is 1. The predicted octanol–water partition coefficient (Wildman–Crippen LogP) is 2.81. The molecule has 13 heavy (non-hydrogen) atoms. The summed E-state index contributed by atoms with van der Waals surface area (Å²) in [7, 11) is 0. The van der Waals surface area contributed by atoms with Gasteiger partial charge >= 0.3 is 0 Å². The Hall–Kier alpha value is -0.590. The number of fused-ring (bicyclic) bond motifs is 3. The smallest absolute Gasteiger partial charge is 0.140 e. The summed E-state index contributed by atoms with van der Waals surface area (Å²) >= 11 is 0. The van der Waals surface area contributed by atoms with Crippen LogP contribution in [0.3, 0.4) is 0 Å². The second-order valence-electron chi connectivity index (χ2n) is 5.39. The third kappa shape index (κ3) is 1.09. The van der Waals surface area contributed by atoms with Gasteiger partial charge in [-0.3, -0.25) is 4.79 Å². The standard InChI is InChI=1S/C12H18O/c1-7-8(2)10-5-11(13)9(7)6-12(10,3)4/h8-10H,1,5-6H2,2-4H3/t8-,9-,10-/m0/s1. The fourth-order valence-electron chi connectivity index (χ4n) is 3.19. The number of ketones is 1. The minimum atomic E-state index is 0.176. The Morgan fingerprint density at radius 3 is 2.62 bits per heavy atom. The van der Waals surface area contributed by atoms with Crippen LogP contribution < -0.4 is 0 Å². The fourth-order valence-corrected chi connectivity index (χ4v) is 3.19. The first kappa shape index (κ1) is 8.98. The second-order valence-corrected chi connectivity index (χ2v) is 5.39. The topological polar surface area (TPSA) is 17.1 Å². The Kier molecular flexibility index (Phi) is 1.70. The van der Waals surface area contributed by atoms with Gasteiger partial charge in [-0.15, -0.1) is 0 Å². The van der Waals surface area contributed by atoms with Gasteiger partial charge in [-0.05, 0) is 23.7 Å². The molecule has 3 rings (SSSR count). The van der Waals surface area contributed by atoms with E-state index in [4.69, 9.17) is 0 Å². The Morgan fingerprint density at radius 2 is 2.08 bits per heavy atom. The Labute approximate surface area is 80.2 Å². The van der Waals surface area contributed by atoms with E-state index in [1.54, 1.807) is 0 Å². The molecule has 0 N–H and O–H groups in total. The van der Waals surface area contributed by atoms with Gasteiger partial charge in [0.25, 0.3) is 0 Å². The summed E-state index contributed by atoms with van der Waals surface area (Å²) in [5.41, 5.74) is 1.54. The number of carbonyl (C=O) groups excluding carboxylic acids is 1. The molecule has 2 bridgehead atoms. The van der Waals surface area contributed by atoms with Crippen molar-refractivity contribution >= 4 is 5.78 Å². The van der Waals surface area contributed by atoms with E-state index in [-0.39, 0.29) is 5.92 Å². The molecule has 0 aromatic rings. The van der Waals surface area contributed by atoms with E-state index in [9.17, 15) is 4.79 Å². The number of hydrogen-bond donors (Lipinski definition) is 0. The van der Waals surface area contributed by atoms with Crippen molar-refractivity contribution in [1.82, 2.24) is 0 Å². The van der Waals surface area contributed by atoms with Crippen molar-refractivity contribution in [2.24, 2.45) is 23.2 Å². The Bertz CT molecular complexity index is 275. The molecule has 3 aliphatic carbocycles. The van der Waals surface area contributed by atoms with E-state index in [0.717, 1.165) is 12.8 Å². The Morgan fingerprint density at radius 1 is 1.46 bits per heavy atom.